The van der Waals surface area contributed by atoms with Crippen molar-refractivity contribution in [1.82, 2.24) is 0 Å². The van der Waals surface area contributed by atoms with Gasteiger partial charge in [0, 0.05) is 12.2 Å². The lowest BCUT2D eigenvalue weighted by molar-refractivity contribution is -0.0109. The Bertz CT molecular complexity index is 783. The molecule has 2 aromatic rings. The van der Waals surface area contributed by atoms with Gasteiger partial charge in [-0.15, -0.1) is 0 Å². The molecule has 1 unspecified atom stereocenters. The summed E-state index contributed by atoms with van der Waals surface area (Å²) in [4.78, 5) is 23.5. The lowest BCUT2D eigenvalue weighted by Crippen LogP contribution is -2.26. The second kappa shape index (κ2) is 8.49. The lowest BCUT2D eigenvalue weighted by Gasteiger charge is -2.23. The van der Waals surface area contributed by atoms with Crippen molar-refractivity contribution in [2.45, 2.75) is 25.4 Å². The number of benzene rings is 2. The van der Waals surface area contributed by atoms with Gasteiger partial charge in [-0.25, -0.2) is 4.79 Å². The van der Waals surface area contributed by atoms with Crippen LogP contribution in [0.3, 0.4) is 0 Å². The van der Waals surface area contributed by atoms with Crippen molar-refractivity contribution in [2.75, 3.05) is 18.5 Å². The molecule has 0 radical (unpaired) electrons. The lowest BCUT2D eigenvalue weighted by atomic mass is 10.1. The van der Waals surface area contributed by atoms with Crippen molar-refractivity contribution >= 4 is 17.6 Å². The van der Waals surface area contributed by atoms with E-state index in [2.05, 4.69) is 5.32 Å². The van der Waals surface area contributed by atoms with Crippen LogP contribution in [0.25, 0.3) is 0 Å². The van der Waals surface area contributed by atoms with E-state index in [1.807, 2.05) is 6.07 Å². The zero-order valence-electron chi connectivity index (χ0n) is 14.3. The van der Waals surface area contributed by atoms with Crippen molar-refractivity contribution in [3.8, 4) is 5.75 Å². The number of carbonyl (C=O) groups excluding carboxylic acids is 1. The highest BCUT2D eigenvalue weighted by Gasteiger charge is 2.16. The van der Waals surface area contributed by atoms with Crippen LogP contribution in [-0.4, -0.2) is 36.3 Å². The number of anilines is 1. The van der Waals surface area contributed by atoms with Gasteiger partial charge in [-0.05, 0) is 49.6 Å². The van der Waals surface area contributed by atoms with E-state index < -0.39 is 11.9 Å². The quantitative estimate of drug-likeness (QED) is 0.827. The summed E-state index contributed by atoms with van der Waals surface area (Å²) in [5.74, 6) is -0.904. The Labute approximate surface area is 151 Å². The fourth-order valence-electron chi connectivity index (χ4n) is 2.81. The molecule has 1 fully saturated rings. The smallest absolute Gasteiger partial charge is 0.335 e. The topological polar surface area (TPSA) is 84.9 Å². The molecular weight excluding hydrogens is 334 g/mol. The standard InChI is InChI=1S/C20H21NO5/c22-19(14-6-5-7-15(12-14)20(23)24)21-17-9-1-2-10-18(17)26-13-16-8-3-4-11-25-16/h1-2,5-7,9-10,12,16H,3-4,8,11,13H2,(H,21,22)(H,23,24). The molecule has 26 heavy (non-hydrogen) atoms. The van der Waals surface area contributed by atoms with Crippen LogP contribution in [0.15, 0.2) is 48.5 Å². The fourth-order valence-corrected chi connectivity index (χ4v) is 2.81. The number of carboxylic acids is 1. The van der Waals surface area contributed by atoms with Crippen molar-refractivity contribution in [1.29, 1.82) is 0 Å². The molecule has 1 aliphatic heterocycles. The second-order valence-electron chi connectivity index (χ2n) is 6.14. The summed E-state index contributed by atoms with van der Waals surface area (Å²) in [5, 5.41) is 11.8. The van der Waals surface area contributed by atoms with Crippen LogP contribution in [0.4, 0.5) is 5.69 Å². The molecule has 2 aromatic carbocycles. The van der Waals surface area contributed by atoms with Gasteiger partial charge in [0.25, 0.3) is 5.91 Å². The maximum Gasteiger partial charge on any atom is 0.335 e. The number of nitrogens with one attached hydrogen (secondary N) is 1. The Morgan fingerprint density at radius 1 is 1.12 bits per heavy atom. The number of carbonyl (C=O) groups is 2. The molecule has 6 nitrogen and oxygen atoms in total. The third-order valence-corrected chi connectivity index (χ3v) is 4.21. The first-order valence-corrected chi connectivity index (χ1v) is 8.61. The van der Waals surface area contributed by atoms with Crippen LogP contribution in [0.5, 0.6) is 5.75 Å². The first kappa shape index (κ1) is 17.9. The minimum Gasteiger partial charge on any atom is -0.489 e. The Morgan fingerprint density at radius 3 is 2.69 bits per heavy atom. The van der Waals surface area contributed by atoms with Gasteiger partial charge in [0.15, 0.2) is 0 Å². The maximum atomic E-state index is 12.5. The van der Waals surface area contributed by atoms with Gasteiger partial charge in [-0.3, -0.25) is 4.79 Å². The van der Waals surface area contributed by atoms with E-state index in [0.717, 1.165) is 25.9 Å². The maximum absolute atomic E-state index is 12.5. The number of carboxylic acid groups (broad SMARTS) is 1. The van der Waals surface area contributed by atoms with Crippen LogP contribution in [-0.2, 0) is 4.74 Å². The van der Waals surface area contributed by atoms with Crippen LogP contribution < -0.4 is 10.1 Å². The summed E-state index contributed by atoms with van der Waals surface area (Å²) < 4.78 is 11.5. The van der Waals surface area contributed by atoms with E-state index in [-0.39, 0.29) is 17.2 Å². The van der Waals surface area contributed by atoms with Crippen LogP contribution >= 0.6 is 0 Å². The second-order valence-corrected chi connectivity index (χ2v) is 6.14. The number of para-hydroxylation sites is 2. The molecular formula is C20H21NO5. The number of amides is 1. The predicted octanol–water partition coefficient (Wildman–Crippen LogP) is 3.59. The minimum atomic E-state index is -1.07. The summed E-state index contributed by atoms with van der Waals surface area (Å²) in [6.07, 6.45) is 3.25. The SMILES string of the molecule is O=C(O)c1cccc(C(=O)Nc2ccccc2OCC2CCCCO2)c1. The van der Waals surface area contributed by atoms with Gasteiger partial charge in [0.2, 0.25) is 0 Å². The van der Waals surface area contributed by atoms with Crippen molar-refractivity contribution in [2.24, 2.45) is 0 Å². The molecule has 0 aliphatic carbocycles. The molecule has 2 N–H and O–H groups in total. The third kappa shape index (κ3) is 4.61. The average molecular weight is 355 g/mol. The predicted molar refractivity (Wildman–Crippen MR) is 96.9 cm³/mol. The van der Waals surface area contributed by atoms with Gasteiger partial charge >= 0.3 is 5.97 Å². The molecule has 1 aliphatic rings. The highest BCUT2D eigenvalue weighted by molar-refractivity contribution is 6.06. The Balaban J connectivity index is 1.68. The summed E-state index contributed by atoms with van der Waals surface area (Å²) in [5.41, 5.74) is 0.876. The van der Waals surface area contributed by atoms with E-state index in [1.165, 1.54) is 12.1 Å². The van der Waals surface area contributed by atoms with Crippen molar-refractivity contribution < 1.29 is 24.2 Å². The Morgan fingerprint density at radius 2 is 1.92 bits per heavy atom. The van der Waals surface area contributed by atoms with Crippen LogP contribution in [0, 0.1) is 0 Å². The molecule has 0 aromatic heterocycles. The molecule has 6 heteroatoms. The van der Waals surface area contributed by atoms with Crippen LogP contribution in [0.1, 0.15) is 40.0 Å². The number of hydrogen-bond acceptors (Lipinski definition) is 4. The normalized spacial score (nSPS) is 16.7. The van der Waals surface area contributed by atoms with Crippen molar-refractivity contribution in [3.05, 3.63) is 59.7 Å². The summed E-state index contributed by atoms with van der Waals surface area (Å²) in [6, 6.07) is 13.1. The molecule has 136 valence electrons. The van der Waals surface area contributed by atoms with E-state index in [0.29, 0.717) is 18.0 Å². The fraction of sp³-hybridized carbons (Fsp3) is 0.300. The van der Waals surface area contributed by atoms with E-state index in [9.17, 15) is 9.59 Å². The highest BCUT2D eigenvalue weighted by atomic mass is 16.5. The minimum absolute atomic E-state index is 0.0663. The zero-order valence-corrected chi connectivity index (χ0v) is 14.3. The van der Waals surface area contributed by atoms with Gasteiger partial charge in [-0.1, -0.05) is 18.2 Å². The van der Waals surface area contributed by atoms with Crippen LogP contribution in [0.2, 0.25) is 0 Å². The first-order chi connectivity index (χ1) is 12.6. The molecule has 0 bridgehead atoms. The average Bonchev–Trinajstić information content (AvgIpc) is 2.68. The van der Waals surface area contributed by atoms with Gasteiger partial charge < -0.3 is 19.9 Å². The molecule has 1 heterocycles. The van der Waals surface area contributed by atoms with E-state index >= 15 is 0 Å². The third-order valence-electron chi connectivity index (χ3n) is 4.21. The summed E-state index contributed by atoms with van der Waals surface area (Å²) in [6.45, 7) is 1.19. The summed E-state index contributed by atoms with van der Waals surface area (Å²) in [7, 11) is 0. The number of hydrogen-bond donors (Lipinski definition) is 2. The molecule has 1 saturated heterocycles. The van der Waals surface area contributed by atoms with Gasteiger partial charge in [0.05, 0.1) is 17.4 Å². The van der Waals surface area contributed by atoms with E-state index in [4.69, 9.17) is 14.6 Å². The van der Waals surface area contributed by atoms with Gasteiger partial charge in [0.1, 0.15) is 12.4 Å². The number of aromatic carboxylic acids is 1. The molecule has 0 spiro atoms. The molecule has 3 rings (SSSR count). The largest absolute Gasteiger partial charge is 0.489 e. The number of rotatable bonds is 6. The van der Waals surface area contributed by atoms with Crippen molar-refractivity contribution in [3.63, 3.8) is 0 Å². The monoisotopic (exact) mass is 355 g/mol. The molecule has 0 saturated carbocycles. The molecule has 1 atom stereocenters. The molecule has 1 amide bonds. The first-order valence-electron chi connectivity index (χ1n) is 8.61. The highest BCUT2D eigenvalue weighted by Crippen LogP contribution is 2.25. The van der Waals surface area contributed by atoms with Gasteiger partial charge in [-0.2, -0.15) is 0 Å². The Kier molecular flexibility index (Phi) is 5.86. The zero-order chi connectivity index (χ0) is 18.4. The van der Waals surface area contributed by atoms with E-state index in [1.54, 1.807) is 30.3 Å². The Hall–Kier alpha value is -2.86. The summed E-state index contributed by atoms with van der Waals surface area (Å²) >= 11 is 0. The number of ether oxygens (including phenoxy) is 2.